The number of para-hydroxylation sites is 1. The van der Waals surface area contributed by atoms with Crippen LogP contribution in [0.3, 0.4) is 0 Å². The van der Waals surface area contributed by atoms with Crippen LogP contribution in [-0.2, 0) is 4.79 Å². The predicted molar refractivity (Wildman–Crippen MR) is 141 cm³/mol. The number of carbonyl (C=O) groups excluding carboxylic acids is 1. The summed E-state index contributed by atoms with van der Waals surface area (Å²) in [5.74, 6) is 0.734. The van der Waals surface area contributed by atoms with Crippen LogP contribution in [0.2, 0.25) is 5.02 Å². The standard InChI is InChI=1S/C28H28ClN3O2/c1-4-16-34-28-25(31(2)3)13-9-14-26(28)32-18-20(24-12-7-8-15-30-24)17-22(27(32)19-33)21-10-5-6-11-23(21)29/h5-15,17-19,27H,4,16H2,1-3H3. The maximum absolute atomic E-state index is 12.6. The summed E-state index contributed by atoms with van der Waals surface area (Å²) in [5, 5.41) is 0.590. The van der Waals surface area contributed by atoms with E-state index in [4.69, 9.17) is 16.3 Å². The molecule has 0 spiro atoms. The Morgan fingerprint density at radius 2 is 1.88 bits per heavy atom. The Bertz CT molecular complexity index is 1220. The third kappa shape index (κ3) is 4.70. The lowest BCUT2D eigenvalue weighted by atomic mass is 9.91. The van der Waals surface area contributed by atoms with Crippen LogP contribution in [0, 0.1) is 0 Å². The number of halogens is 1. The third-order valence-electron chi connectivity index (χ3n) is 5.67. The van der Waals surface area contributed by atoms with E-state index in [1.54, 1.807) is 6.20 Å². The van der Waals surface area contributed by atoms with Crippen molar-refractivity contribution in [3.63, 3.8) is 0 Å². The van der Waals surface area contributed by atoms with E-state index in [1.807, 2.05) is 96.8 Å². The van der Waals surface area contributed by atoms with Crippen molar-refractivity contribution in [3.8, 4) is 5.75 Å². The number of nitrogens with zero attached hydrogens (tertiary/aromatic N) is 3. The molecule has 4 rings (SSSR count). The number of hydrogen-bond acceptors (Lipinski definition) is 5. The van der Waals surface area contributed by atoms with Gasteiger partial charge in [0, 0.05) is 37.1 Å². The lowest BCUT2D eigenvalue weighted by molar-refractivity contribution is -0.107. The van der Waals surface area contributed by atoms with Gasteiger partial charge in [0.25, 0.3) is 0 Å². The van der Waals surface area contributed by atoms with Gasteiger partial charge in [-0.3, -0.25) is 4.98 Å². The smallest absolute Gasteiger partial charge is 0.166 e. The summed E-state index contributed by atoms with van der Waals surface area (Å²) < 4.78 is 6.24. The van der Waals surface area contributed by atoms with Crippen LogP contribution in [0.25, 0.3) is 11.1 Å². The van der Waals surface area contributed by atoms with E-state index in [-0.39, 0.29) is 0 Å². The first-order valence-electron chi connectivity index (χ1n) is 11.3. The fraction of sp³-hybridized carbons (Fsp3) is 0.214. The molecule has 0 amide bonds. The molecular formula is C28H28ClN3O2. The van der Waals surface area contributed by atoms with Gasteiger partial charge in [-0.05, 0) is 54.0 Å². The quantitative estimate of drug-likeness (QED) is 0.370. The van der Waals surface area contributed by atoms with Crippen molar-refractivity contribution in [2.45, 2.75) is 19.4 Å². The second-order valence-corrected chi connectivity index (χ2v) is 8.64. The number of ether oxygens (including phenoxy) is 1. The molecule has 0 bridgehead atoms. The summed E-state index contributed by atoms with van der Waals surface area (Å²) in [6.07, 6.45) is 7.56. The van der Waals surface area contributed by atoms with Crippen LogP contribution in [0.1, 0.15) is 24.6 Å². The van der Waals surface area contributed by atoms with E-state index < -0.39 is 6.04 Å². The fourth-order valence-electron chi connectivity index (χ4n) is 4.05. The van der Waals surface area contributed by atoms with E-state index in [0.29, 0.717) is 11.6 Å². The molecule has 2 heterocycles. The van der Waals surface area contributed by atoms with Crippen molar-refractivity contribution in [2.75, 3.05) is 30.5 Å². The largest absolute Gasteiger partial charge is 0.489 e. The molecule has 1 aliphatic rings. The summed E-state index contributed by atoms with van der Waals surface area (Å²) in [6.45, 7) is 2.64. The van der Waals surface area contributed by atoms with Crippen molar-refractivity contribution in [2.24, 2.45) is 0 Å². The Morgan fingerprint density at radius 1 is 1.09 bits per heavy atom. The maximum Gasteiger partial charge on any atom is 0.166 e. The second-order valence-electron chi connectivity index (χ2n) is 8.24. The topological polar surface area (TPSA) is 45.7 Å². The molecule has 0 saturated heterocycles. The molecule has 2 aromatic carbocycles. The zero-order valence-electron chi connectivity index (χ0n) is 19.6. The predicted octanol–water partition coefficient (Wildman–Crippen LogP) is 6.10. The average Bonchev–Trinajstić information content (AvgIpc) is 2.87. The summed E-state index contributed by atoms with van der Waals surface area (Å²) >= 11 is 6.59. The first-order chi connectivity index (χ1) is 16.5. The monoisotopic (exact) mass is 473 g/mol. The number of rotatable bonds is 8. The number of aromatic nitrogens is 1. The Kier molecular flexibility index (Phi) is 7.33. The molecule has 1 atom stereocenters. The Balaban J connectivity index is 1.94. The number of hydrogen-bond donors (Lipinski definition) is 0. The highest BCUT2D eigenvalue weighted by atomic mass is 35.5. The number of aldehydes is 1. The van der Waals surface area contributed by atoms with Gasteiger partial charge in [0.2, 0.25) is 0 Å². The molecule has 174 valence electrons. The average molecular weight is 474 g/mol. The Morgan fingerprint density at radius 3 is 2.56 bits per heavy atom. The minimum absolute atomic E-state index is 0.571. The first kappa shape index (κ1) is 23.6. The third-order valence-corrected chi connectivity index (χ3v) is 6.00. The fourth-order valence-corrected chi connectivity index (χ4v) is 4.30. The molecule has 0 fully saturated rings. The van der Waals surface area contributed by atoms with E-state index in [1.165, 1.54) is 0 Å². The van der Waals surface area contributed by atoms with Crippen LogP contribution in [0.4, 0.5) is 11.4 Å². The van der Waals surface area contributed by atoms with Crippen molar-refractivity contribution < 1.29 is 9.53 Å². The second kappa shape index (κ2) is 10.6. The highest BCUT2D eigenvalue weighted by Gasteiger charge is 2.31. The summed E-state index contributed by atoms with van der Waals surface area (Å²) in [6, 6.07) is 18.8. The lowest BCUT2D eigenvalue weighted by Gasteiger charge is -2.35. The SMILES string of the molecule is CCCOc1c(N(C)C)cccc1N1C=C(c2ccccn2)C=C(c2ccccc2Cl)C1C=O. The molecule has 1 aromatic heterocycles. The molecule has 6 heteroatoms. The summed E-state index contributed by atoms with van der Waals surface area (Å²) in [7, 11) is 3.96. The van der Waals surface area contributed by atoms with E-state index in [2.05, 4.69) is 11.9 Å². The molecule has 1 aliphatic heterocycles. The zero-order valence-corrected chi connectivity index (χ0v) is 20.4. The van der Waals surface area contributed by atoms with Gasteiger partial charge in [0.05, 0.1) is 23.7 Å². The highest BCUT2D eigenvalue weighted by molar-refractivity contribution is 6.32. The van der Waals surface area contributed by atoms with Gasteiger partial charge in [0.1, 0.15) is 12.3 Å². The number of pyridine rings is 1. The minimum Gasteiger partial charge on any atom is -0.489 e. The lowest BCUT2D eigenvalue weighted by Crippen LogP contribution is -2.36. The number of anilines is 2. The first-order valence-corrected chi connectivity index (χ1v) is 11.7. The van der Waals surface area contributed by atoms with E-state index in [0.717, 1.165) is 52.2 Å². The van der Waals surface area contributed by atoms with Crippen LogP contribution in [0.15, 0.2) is 79.1 Å². The number of benzene rings is 2. The normalized spacial score (nSPS) is 15.4. The minimum atomic E-state index is -0.589. The molecule has 1 unspecified atom stereocenters. The summed E-state index contributed by atoms with van der Waals surface area (Å²) in [5.41, 5.74) is 5.06. The van der Waals surface area contributed by atoms with Crippen LogP contribution < -0.4 is 14.5 Å². The zero-order chi connectivity index (χ0) is 24.1. The molecule has 0 N–H and O–H groups in total. The van der Waals surface area contributed by atoms with Gasteiger partial charge in [-0.25, -0.2) is 0 Å². The van der Waals surface area contributed by atoms with Crippen molar-refractivity contribution in [1.29, 1.82) is 0 Å². The van der Waals surface area contributed by atoms with Gasteiger partial charge < -0.3 is 19.3 Å². The Hall–Kier alpha value is -3.57. The van der Waals surface area contributed by atoms with Crippen molar-refractivity contribution in [1.82, 2.24) is 4.98 Å². The van der Waals surface area contributed by atoms with Crippen LogP contribution in [0.5, 0.6) is 5.75 Å². The molecule has 0 saturated carbocycles. The van der Waals surface area contributed by atoms with Gasteiger partial charge in [0.15, 0.2) is 5.75 Å². The molecular weight excluding hydrogens is 446 g/mol. The molecule has 34 heavy (non-hydrogen) atoms. The van der Waals surface area contributed by atoms with E-state index in [9.17, 15) is 4.79 Å². The van der Waals surface area contributed by atoms with E-state index >= 15 is 0 Å². The van der Waals surface area contributed by atoms with Crippen molar-refractivity contribution in [3.05, 3.63) is 95.4 Å². The Labute approximate surface area is 205 Å². The summed E-state index contributed by atoms with van der Waals surface area (Å²) in [4.78, 5) is 21.1. The van der Waals surface area contributed by atoms with Crippen LogP contribution in [-0.4, -0.2) is 38.0 Å². The van der Waals surface area contributed by atoms with Crippen LogP contribution >= 0.6 is 11.6 Å². The van der Waals surface area contributed by atoms with Gasteiger partial charge in [-0.2, -0.15) is 0 Å². The molecule has 5 nitrogen and oxygen atoms in total. The molecule has 0 aliphatic carbocycles. The van der Waals surface area contributed by atoms with Crippen molar-refractivity contribution >= 4 is 40.4 Å². The van der Waals surface area contributed by atoms with Gasteiger partial charge >= 0.3 is 0 Å². The maximum atomic E-state index is 12.6. The molecule has 0 radical (unpaired) electrons. The van der Waals surface area contributed by atoms with Gasteiger partial charge in [-0.1, -0.05) is 48.9 Å². The van der Waals surface area contributed by atoms with Gasteiger partial charge in [-0.15, -0.1) is 0 Å². The number of carbonyl (C=O) groups is 1. The molecule has 3 aromatic rings. The number of allylic oxidation sites excluding steroid dienone is 2. The highest BCUT2D eigenvalue weighted by Crippen LogP contribution is 2.43.